The average molecular weight is 432 g/mol. The van der Waals surface area contributed by atoms with Gasteiger partial charge in [-0.15, -0.1) is 0 Å². The van der Waals surface area contributed by atoms with Crippen LogP contribution in [-0.4, -0.2) is 70.1 Å². The lowest BCUT2D eigenvalue weighted by Crippen LogP contribution is -2.43. The third-order valence-corrected chi connectivity index (χ3v) is 8.10. The first-order valence-electron chi connectivity index (χ1n) is 8.99. The van der Waals surface area contributed by atoms with Crippen LogP contribution >= 0.6 is 0 Å². The van der Waals surface area contributed by atoms with Gasteiger partial charge in [-0.25, -0.2) is 16.8 Å². The molecular formula is C18H25NO7S2. The topological polar surface area (TPSA) is 115 Å². The molecule has 1 saturated heterocycles. The lowest BCUT2D eigenvalue weighted by Gasteiger charge is -2.26. The predicted molar refractivity (Wildman–Crippen MR) is 103 cm³/mol. The van der Waals surface area contributed by atoms with Crippen molar-refractivity contribution in [2.75, 3.05) is 30.4 Å². The van der Waals surface area contributed by atoms with Gasteiger partial charge in [0.15, 0.2) is 26.3 Å². The Bertz CT molecular complexity index is 921. The molecule has 1 aromatic rings. The second-order valence-corrected chi connectivity index (χ2v) is 11.1. The zero-order valence-corrected chi connectivity index (χ0v) is 17.6. The molecule has 10 heteroatoms. The number of benzene rings is 1. The van der Waals surface area contributed by atoms with Crippen LogP contribution in [0.25, 0.3) is 0 Å². The van der Waals surface area contributed by atoms with Crippen molar-refractivity contribution in [2.24, 2.45) is 0 Å². The van der Waals surface area contributed by atoms with Gasteiger partial charge in [0.1, 0.15) is 0 Å². The van der Waals surface area contributed by atoms with Crippen LogP contribution in [0, 0.1) is 6.92 Å². The van der Waals surface area contributed by atoms with Crippen molar-refractivity contribution in [2.45, 2.75) is 37.6 Å². The minimum absolute atomic E-state index is 0.0398. The fraction of sp³-hybridized carbons (Fsp3) is 0.556. The number of aryl methyl sites for hydroxylation is 1. The Labute approximate surface area is 165 Å². The van der Waals surface area contributed by atoms with Gasteiger partial charge in [-0.2, -0.15) is 0 Å². The maximum atomic E-state index is 12.3. The van der Waals surface area contributed by atoms with Crippen molar-refractivity contribution in [3.63, 3.8) is 0 Å². The molecule has 1 aliphatic rings. The summed E-state index contributed by atoms with van der Waals surface area (Å²) in [4.78, 5) is 25.6. The SMILES string of the molecule is CCN(C(=O)COC(=O)CCS(=O)(=O)c1ccc(C)cc1)[C@@H]1CCS(=O)(=O)C1. The van der Waals surface area contributed by atoms with Crippen LogP contribution in [0.4, 0.5) is 0 Å². The highest BCUT2D eigenvalue weighted by Crippen LogP contribution is 2.18. The zero-order chi connectivity index (χ0) is 20.9. The van der Waals surface area contributed by atoms with Crippen molar-refractivity contribution in [1.82, 2.24) is 4.90 Å². The van der Waals surface area contributed by atoms with Gasteiger partial charge >= 0.3 is 5.97 Å². The Balaban J connectivity index is 1.84. The number of sulfone groups is 2. The summed E-state index contributed by atoms with van der Waals surface area (Å²) in [5.74, 6) is -1.74. The molecule has 0 aliphatic carbocycles. The molecule has 1 aromatic carbocycles. The fourth-order valence-corrected chi connectivity index (χ4v) is 5.99. The molecule has 0 aromatic heterocycles. The van der Waals surface area contributed by atoms with Crippen molar-refractivity contribution in [3.8, 4) is 0 Å². The van der Waals surface area contributed by atoms with Crippen molar-refractivity contribution in [3.05, 3.63) is 29.8 Å². The monoisotopic (exact) mass is 431 g/mol. The van der Waals surface area contributed by atoms with Crippen LogP contribution in [0.2, 0.25) is 0 Å². The van der Waals surface area contributed by atoms with Crippen LogP contribution in [0.15, 0.2) is 29.2 Å². The van der Waals surface area contributed by atoms with Gasteiger partial charge in [-0.3, -0.25) is 9.59 Å². The predicted octanol–water partition coefficient (Wildman–Crippen LogP) is 0.738. The van der Waals surface area contributed by atoms with Crippen molar-refractivity contribution in [1.29, 1.82) is 0 Å². The van der Waals surface area contributed by atoms with E-state index in [1.165, 1.54) is 17.0 Å². The molecule has 28 heavy (non-hydrogen) atoms. The maximum Gasteiger partial charge on any atom is 0.307 e. The second kappa shape index (κ2) is 9.04. The third kappa shape index (κ3) is 6.03. The number of carbonyl (C=O) groups is 2. The van der Waals surface area contributed by atoms with Crippen molar-refractivity contribution < 1.29 is 31.2 Å². The first kappa shape index (κ1) is 22.4. The summed E-state index contributed by atoms with van der Waals surface area (Å²) in [5.41, 5.74) is 0.924. The van der Waals surface area contributed by atoms with Crippen LogP contribution in [0.1, 0.15) is 25.3 Å². The van der Waals surface area contributed by atoms with E-state index >= 15 is 0 Å². The van der Waals surface area contributed by atoms with Gasteiger partial charge in [0.05, 0.1) is 28.6 Å². The number of ether oxygens (including phenoxy) is 1. The Morgan fingerprint density at radius 1 is 1.21 bits per heavy atom. The summed E-state index contributed by atoms with van der Waals surface area (Å²) in [5, 5.41) is 0. The fourth-order valence-electron chi connectivity index (χ4n) is 3.04. The van der Waals surface area contributed by atoms with Gasteiger partial charge in [-0.05, 0) is 32.4 Å². The van der Waals surface area contributed by atoms with Gasteiger partial charge in [-0.1, -0.05) is 17.7 Å². The van der Waals surface area contributed by atoms with E-state index in [-0.39, 0.29) is 22.8 Å². The normalized spacial score (nSPS) is 18.6. The van der Waals surface area contributed by atoms with Crippen LogP contribution in [0.5, 0.6) is 0 Å². The lowest BCUT2D eigenvalue weighted by atomic mass is 10.2. The summed E-state index contributed by atoms with van der Waals surface area (Å²) in [6.07, 6.45) is -0.00191. The van der Waals surface area contributed by atoms with E-state index in [0.717, 1.165) is 5.56 Å². The van der Waals surface area contributed by atoms with E-state index in [1.807, 2.05) is 6.92 Å². The quantitative estimate of drug-likeness (QED) is 0.558. The number of carbonyl (C=O) groups excluding carboxylic acids is 2. The smallest absolute Gasteiger partial charge is 0.307 e. The third-order valence-electron chi connectivity index (χ3n) is 4.62. The lowest BCUT2D eigenvalue weighted by molar-refractivity contribution is -0.152. The minimum Gasteiger partial charge on any atom is -0.456 e. The molecule has 0 saturated carbocycles. The van der Waals surface area contributed by atoms with Crippen molar-refractivity contribution >= 4 is 31.6 Å². The molecule has 0 radical (unpaired) electrons. The molecule has 0 bridgehead atoms. The minimum atomic E-state index is -3.62. The standard InChI is InChI=1S/C18H25NO7S2/c1-3-19(15-8-10-27(22,23)13-15)17(20)12-26-18(21)9-11-28(24,25)16-6-4-14(2)5-7-16/h4-7,15H,3,8-13H2,1-2H3/t15-/m1/s1. The molecule has 8 nitrogen and oxygen atoms in total. The van der Waals surface area contributed by atoms with Gasteiger partial charge < -0.3 is 9.64 Å². The first-order chi connectivity index (χ1) is 13.0. The Morgan fingerprint density at radius 2 is 1.86 bits per heavy atom. The van der Waals surface area contributed by atoms with E-state index in [0.29, 0.717) is 13.0 Å². The highest BCUT2D eigenvalue weighted by Gasteiger charge is 2.34. The van der Waals surface area contributed by atoms with E-state index in [9.17, 15) is 26.4 Å². The molecule has 0 N–H and O–H groups in total. The highest BCUT2D eigenvalue weighted by atomic mass is 32.2. The van der Waals surface area contributed by atoms with Gasteiger partial charge in [0.25, 0.3) is 5.91 Å². The van der Waals surface area contributed by atoms with Crippen LogP contribution in [-0.2, 0) is 34.0 Å². The molecule has 0 spiro atoms. The molecule has 1 heterocycles. The molecule has 1 atom stereocenters. The molecule has 1 aliphatic heterocycles. The van der Waals surface area contributed by atoms with Crippen LogP contribution in [0.3, 0.4) is 0 Å². The van der Waals surface area contributed by atoms with Gasteiger partial charge in [0, 0.05) is 12.6 Å². The Hall–Kier alpha value is -1.94. The zero-order valence-electron chi connectivity index (χ0n) is 16.0. The van der Waals surface area contributed by atoms with E-state index < -0.39 is 50.0 Å². The van der Waals surface area contributed by atoms with E-state index in [2.05, 4.69) is 0 Å². The molecule has 2 rings (SSSR count). The number of hydrogen-bond donors (Lipinski definition) is 0. The number of rotatable bonds is 8. The summed E-state index contributed by atoms with van der Waals surface area (Å²) in [6.45, 7) is 3.33. The number of amides is 1. The summed E-state index contributed by atoms with van der Waals surface area (Å²) in [6, 6.07) is 5.89. The molecule has 1 amide bonds. The second-order valence-electron chi connectivity index (χ2n) is 6.78. The highest BCUT2D eigenvalue weighted by molar-refractivity contribution is 7.91. The van der Waals surface area contributed by atoms with E-state index in [1.54, 1.807) is 19.1 Å². The summed E-state index contributed by atoms with van der Waals surface area (Å²) >= 11 is 0. The average Bonchev–Trinajstić information content (AvgIpc) is 2.99. The number of nitrogens with zero attached hydrogens (tertiary/aromatic N) is 1. The van der Waals surface area contributed by atoms with Crippen LogP contribution < -0.4 is 0 Å². The van der Waals surface area contributed by atoms with Gasteiger partial charge in [0.2, 0.25) is 0 Å². The maximum absolute atomic E-state index is 12.3. The summed E-state index contributed by atoms with van der Waals surface area (Å²) in [7, 11) is -6.76. The largest absolute Gasteiger partial charge is 0.456 e. The number of likely N-dealkylation sites (N-methyl/N-ethyl adjacent to an activating group) is 1. The molecule has 1 fully saturated rings. The summed E-state index contributed by atoms with van der Waals surface area (Å²) < 4.78 is 52.5. The Kier molecular flexibility index (Phi) is 7.22. The van der Waals surface area contributed by atoms with E-state index in [4.69, 9.17) is 4.74 Å². The first-order valence-corrected chi connectivity index (χ1v) is 12.5. The number of hydrogen-bond acceptors (Lipinski definition) is 7. The molecule has 156 valence electrons. The number of esters is 1. The molecular weight excluding hydrogens is 406 g/mol. The molecule has 0 unspecified atom stereocenters. The Morgan fingerprint density at radius 3 is 2.39 bits per heavy atom.